The smallest absolute Gasteiger partial charge is 0.305 e. The van der Waals surface area contributed by atoms with Crippen molar-refractivity contribution in [2.24, 2.45) is 46.3 Å². The second-order valence-corrected chi connectivity index (χ2v) is 11.5. The average Bonchev–Trinajstić information content (AvgIpc) is 3.03. The fourth-order valence-electron chi connectivity index (χ4n) is 9.05. The maximum Gasteiger partial charge on any atom is 0.305 e. The van der Waals surface area contributed by atoms with Crippen LogP contribution in [0.25, 0.3) is 0 Å². The number of ether oxygens (including phenoxy) is 1. The van der Waals surface area contributed by atoms with E-state index in [1.807, 2.05) is 6.92 Å². The van der Waals surface area contributed by atoms with E-state index >= 15 is 0 Å². The summed E-state index contributed by atoms with van der Waals surface area (Å²) in [4.78, 5) is 11.9. The number of hydrogen-bond donors (Lipinski definition) is 0. The first-order valence-corrected chi connectivity index (χ1v) is 12.6. The molecule has 0 saturated heterocycles. The van der Waals surface area contributed by atoms with Gasteiger partial charge in [-0.3, -0.25) is 4.79 Å². The van der Waals surface area contributed by atoms with E-state index in [4.69, 9.17) is 4.74 Å². The number of carbonyl (C=O) groups is 1. The summed E-state index contributed by atoms with van der Waals surface area (Å²) in [6.07, 6.45) is 16.4. The first-order chi connectivity index (χ1) is 13.4. The summed E-state index contributed by atoms with van der Waals surface area (Å²) >= 11 is 0. The van der Waals surface area contributed by atoms with Gasteiger partial charge in [0, 0.05) is 6.42 Å². The van der Waals surface area contributed by atoms with E-state index in [9.17, 15) is 4.79 Å². The quantitative estimate of drug-likeness (QED) is 0.473. The highest BCUT2D eigenvalue weighted by molar-refractivity contribution is 5.69. The molecule has 4 fully saturated rings. The largest absolute Gasteiger partial charge is 0.466 e. The van der Waals surface area contributed by atoms with Crippen molar-refractivity contribution >= 4 is 5.97 Å². The lowest BCUT2D eigenvalue weighted by molar-refractivity contribution is -0.143. The Hall–Kier alpha value is -0.530. The molecule has 0 heterocycles. The van der Waals surface area contributed by atoms with Crippen LogP contribution < -0.4 is 0 Å². The van der Waals surface area contributed by atoms with Crippen LogP contribution in [0.3, 0.4) is 0 Å². The first-order valence-electron chi connectivity index (χ1n) is 12.6. The van der Waals surface area contributed by atoms with Gasteiger partial charge in [0.15, 0.2) is 0 Å². The highest BCUT2D eigenvalue weighted by atomic mass is 16.5. The van der Waals surface area contributed by atoms with E-state index < -0.39 is 0 Å². The van der Waals surface area contributed by atoms with Crippen molar-refractivity contribution in [2.75, 3.05) is 6.61 Å². The summed E-state index contributed by atoms with van der Waals surface area (Å²) in [6.45, 7) is 10.2. The maximum absolute atomic E-state index is 11.9. The van der Waals surface area contributed by atoms with Gasteiger partial charge in [-0.2, -0.15) is 0 Å². The Kier molecular flexibility index (Phi) is 5.89. The molecule has 0 aromatic heterocycles. The number of hydrogen-bond acceptors (Lipinski definition) is 2. The molecule has 0 spiro atoms. The standard InChI is InChI=1S/C26H44O2/c1-5-28-24(27)14-9-18(2)21-12-13-22-20-11-10-19-8-6-7-16-25(19,3)23(20)15-17-26(21,22)4/h18-23H,5-17H2,1-4H3. The second-order valence-electron chi connectivity index (χ2n) is 11.5. The molecule has 0 bridgehead atoms. The van der Waals surface area contributed by atoms with Crippen molar-refractivity contribution in [1.29, 1.82) is 0 Å². The number of carbonyl (C=O) groups excluding carboxylic acids is 1. The molecule has 0 aliphatic heterocycles. The van der Waals surface area contributed by atoms with Crippen molar-refractivity contribution in [3.05, 3.63) is 0 Å². The Morgan fingerprint density at radius 3 is 2.54 bits per heavy atom. The van der Waals surface area contributed by atoms with Gasteiger partial charge >= 0.3 is 5.97 Å². The Bertz CT molecular complexity index is 571. The maximum atomic E-state index is 11.9. The predicted octanol–water partition coefficient (Wildman–Crippen LogP) is 7.01. The van der Waals surface area contributed by atoms with Gasteiger partial charge in [-0.05, 0) is 111 Å². The van der Waals surface area contributed by atoms with Gasteiger partial charge in [0.25, 0.3) is 0 Å². The molecule has 8 atom stereocenters. The molecule has 4 rings (SSSR count). The van der Waals surface area contributed by atoms with Crippen LogP contribution in [0.15, 0.2) is 0 Å². The van der Waals surface area contributed by atoms with Gasteiger partial charge in [-0.15, -0.1) is 0 Å². The van der Waals surface area contributed by atoms with Gasteiger partial charge in [-0.25, -0.2) is 0 Å². The van der Waals surface area contributed by atoms with Crippen LogP contribution in [0.4, 0.5) is 0 Å². The lowest BCUT2D eigenvalue weighted by Gasteiger charge is -2.61. The van der Waals surface area contributed by atoms with Crippen molar-refractivity contribution < 1.29 is 9.53 Å². The minimum Gasteiger partial charge on any atom is -0.466 e. The molecule has 160 valence electrons. The molecule has 0 aromatic carbocycles. The molecule has 4 aliphatic rings. The molecular formula is C26H44O2. The van der Waals surface area contributed by atoms with E-state index in [0.29, 0.717) is 29.8 Å². The predicted molar refractivity (Wildman–Crippen MR) is 115 cm³/mol. The Labute approximate surface area is 173 Å². The Balaban J connectivity index is 1.45. The summed E-state index contributed by atoms with van der Waals surface area (Å²) in [5.74, 6) is 5.41. The topological polar surface area (TPSA) is 26.3 Å². The zero-order valence-corrected chi connectivity index (χ0v) is 19.0. The summed E-state index contributed by atoms with van der Waals surface area (Å²) in [5, 5.41) is 0. The fourth-order valence-corrected chi connectivity index (χ4v) is 9.05. The fraction of sp³-hybridized carbons (Fsp3) is 0.962. The molecule has 0 N–H and O–H groups in total. The third-order valence-electron chi connectivity index (χ3n) is 10.5. The first kappa shape index (κ1) is 20.7. The van der Waals surface area contributed by atoms with E-state index in [-0.39, 0.29) is 5.97 Å². The van der Waals surface area contributed by atoms with Crippen molar-refractivity contribution in [1.82, 2.24) is 0 Å². The van der Waals surface area contributed by atoms with E-state index in [1.54, 1.807) is 0 Å². The van der Waals surface area contributed by atoms with Gasteiger partial charge < -0.3 is 4.74 Å². The molecule has 2 nitrogen and oxygen atoms in total. The summed E-state index contributed by atoms with van der Waals surface area (Å²) in [6, 6.07) is 0. The van der Waals surface area contributed by atoms with Crippen LogP contribution >= 0.6 is 0 Å². The zero-order valence-electron chi connectivity index (χ0n) is 19.0. The SMILES string of the molecule is CCOC(=O)CCC(C)C1CCC2C3CCC4CCCCC4(C)C3CCC12C. The summed E-state index contributed by atoms with van der Waals surface area (Å²) < 4.78 is 5.18. The third kappa shape index (κ3) is 3.35. The monoisotopic (exact) mass is 388 g/mol. The van der Waals surface area contributed by atoms with Crippen molar-refractivity contribution in [2.45, 2.75) is 105 Å². The summed E-state index contributed by atoms with van der Waals surface area (Å²) in [5.41, 5.74) is 1.17. The zero-order chi connectivity index (χ0) is 19.9. The molecule has 0 amide bonds. The normalized spacial score (nSPS) is 46.2. The van der Waals surface area contributed by atoms with Crippen molar-refractivity contribution in [3.8, 4) is 0 Å². The van der Waals surface area contributed by atoms with Gasteiger partial charge in [0.1, 0.15) is 0 Å². The van der Waals surface area contributed by atoms with Gasteiger partial charge in [0.05, 0.1) is 6.61 Å². The molecule has 0 aromatic rings. The molecule has 4 saturated carbocycles. The molecular weight excluding hydrogens is 344 g/mol. The minimum absolute atomic E-state index is 0.00121. The molecule has 2 heteroatoms. The minimum atomic E-state index is 0.00121. The van der Waals surface area contributed by atoms with E-state index in [1.165, 1.54) is 64.2 Å². The Morgan fingerprint density at radius 2 is 1.75 bits per heavy atom. The van der Waals surface area contributed by atoms with E-state index in [0.717, 1.165) is 36.0 Å². The average molecular weight is 389 g/mol. The van der Waals surface area contributed by atoms with E-state index in [2.05, 4.69) is 20.8 Å². The summed E-state index contributed by atoms with van der Waals surface area (Å²) in [7, 11) is 0. The lowest BCUT2D eigenvalue weighted by atomic mass is 9.44. The highest BCUT2D eigenvalue weighted by Gasteiger charge is 2.60. The van der Waals surface area contributed by atoms with Crippen LogP contribution in [-0.4, -0.2) is 12.6 Å². The lowest BCUT2D eigenvalue weighted by Crippen LogP contribution is -2.53. The van der Waals surface area contributed by atoms with Crippen LogP contribution in [0.1, 0.15) is 105 Å². The number of rotatable bonds is 5. The van der Waals surface area contributed by atoms with Crippen LogP contribution in [0, 0.1) is 46.3 Å². The van der Waals surface area contributed by atoms with Crippen LogP contribution in [-0.2, 0) is 9.53 Å². The van der Waals surface area contributed by atoms with Crippen LogP contribution in [0.2, 0.25) is 0 Å². The number of fused-ring (bicyclic) bond motifs is 5. The van der Waals surface area contributed by atoms with Gasteiger partial charge in [-0.1, -0.05) is 33.6 Å². The second kappa shape index (κ2) is 7.95. The molecule has 28 heavy (non-hydrogen) atoms. The van der Waals surface area contributed by atoms with Crippen molar-refractivity contribution in [3.63, 3.8) is 0 Å². The molecule has 8 unspecified atom stereocenters. The number of esters is 1. The molecule has 4 aliphatic carbocycles. The molecule has 0 radical (unpaired) electrons. The van der Waals surface area contributed by atoms with Gasteiger partial charge in [0.2, 0.25) is 0 Å². The van der Waals surface area contributed by atoms with Crippen LogP contribution in [0.5, 0.6) is 0 Å². The Morgan fingerprint density at radius 1 is 0.964 bits per heavy atom. The highest BCUT2D eigenvalue weighted by Crippen LogP contribution is 2.68. The third-order valence-corrected chi connectivity index (χ3v) is 10.5.